The number of nitrogens with zero attached hydrogens (tertiary/aromatic N) is 1. The Bertz CT molecular complexity index is 1010. The molecule has 174 valence electrons. The molecule has 1 aromatic carbocycles. The van der Waals surface area contributed by atoms with Gasteiger partial charge >= 0.3 is 0 Å². The molecule has 1 saturated carbocycles. The standard InChI is InChI=1S/C25H29N3O5/c29-14-22-24-20(10-18(32-22)11-23(30)27-13-15-3-2-8-26-12-15)19-9-17(6-7-21(19)33-24)28-25(31)16-4-1-5-16/h2-3,6-9,12,16,18,20,22,24,29H,1,4-5,10-11,13-14H2,(H,27,30)(H,28,31)/t18-,20-,22+,24+/m1/s1. The molecule has 2 amide bonds. The van der Waals surface area contributed by atoms with E-state index in [1.807, 2.05) is 30.3 Å². The zero-order valence-electron chi connectivity index (χ0n) is 18.4. The van der Waals surface area contributed by atoms with E-state index in [0.29, 0.717) is 13.0 Å². The number of pyridine rings is 1. The van der Waals surface area contributed by atoms with E-state index in [0.717, 1.165) is 41.8 Å². The molecule has 3 N–H and O–H groups in total. The van der Waals surface area contributed by atoms with Crippen LogP contribution < -0.4 is 15.4 Å². The third-order valence-electron chi connectivity index (χ3n) is 6.87. The number of aliphatic hydroxyl groups excluding tert-OH is 1. The van der Waals surface area contributed by atoms with Crippen molar-refractivity contribution < 1.29 is 24.2 Å². The second kappa shape index (κ2) is 9.49. The predicted molar refractivity (Wildman–Crippen MR) is 121 cm³/mol. The number of carbonyl (C=O) groups is 2. The lowest BCUT2D eigenvalue weighted by Gasteiger charge is -2.37. The number of hydrogen-bond acceptors (Lipinski definition) is 6. The number of carbonyl (C=O) groups excluding carboxylic acids is 2. The third-order valence-corrected chi connectivity index (χ3v) is 6.87. The van der Waals surface area contributed by atoms with Crippen LogP contribution in [0, 0.1) is 5.92 Å². The van der Waals surface area contributed by atoms with Crippen LogP contribution in [0.1, 0.15) is 49.1 Å². The van der Waals surface area contributed by atoms with Crippen molar-refractivity contribution in [3.05, 3.63) is 53.9 Å². The third kappa shape index (κ3) is 4.72. The Balaban J connectivity index is 1.25. The number of aliphatic hydroxyl groups is 1. The first-order chi connectivity index (χ1) is 16.1. The number of amides is 2. The van der Waals surface area contributed by atoms with Crippen LogP contribution >= 0.6 is 0 Å². The molecule has 0 spiro atoms. The Morgan fingerprint density at radius 3 is 2.82 bits per heavy atom. The Morgan fingerprint density at radius 2 is 2.09 bits per heavy atom. The fraction of sp³-hybridized carbons (Fsp3) is 0.480. The van der Waals surface area contributed by atoms with Crippen molar-refractivity contribution in [2.75, 3.05) is 11.9 Å². The normalized spacial score (nSPS) is 25.8. The molecule has 0 unspecified atom stereocenters. The van der Waals surface area contributed by atoms with Gasteiger partial charge in [0.15, 0.2) is 0 Å². The van der Waals surface area contributed by atoms with Gasteiger partial charge in [-0.1, -0.05) is 12.5 Å². The largest absolute Gasteiger partial charge is 0.487 e. The van der Waals surface area contributed by atoms with Crippen molar-refractivity contribution in [1.29, 1.82) is 0 Å². The van der Waals surface area contributed by atoms with Crippen LogP contribution in [0.2, 0.25) is 0 Å². The molecule has 33 heavy (non-hydrogen) atoms. The van der Waals surface area contributed by atoms with Gasteiger partial charge < -0.3 is 25.2 Å². The van der Waals surface area contributed by atoms with Crippen molar-refractivity contribution in [3.63, 3.8) is 0 Å². The quantitative estimate of drug-likeness (QED) is 0.597. The molecule has 1 saturated heterocycles. The highest BCUT2D eigenvalue weighted by Crippen LogP contribution is 2.47. The monoisotopic (exact) mass is 451 g/mol. The zero-order valence-corrected chi connectivity index (χ0v) is 18.4. The molecular formula is C25H29N3O5. The van der Waals surface area contributed by atoms with Crippen LogP contribution in [0.15, 0.2) is 42.7 Å². The van der Waals surface area contributed by atoms with E-state index in [1.54, 1.807) is 12.4 Å². The summed E-state index contributed by atoms with van der Waals surface area (Å²) in [6.45, 7) is 0.221. The van der Waals surface area contributed by atoms with Gasteiger partial charge in [-0.3, -0.25) is 14.6 Å². The summed E-state index contributed by atoms with van der Waals surface area (Å²) in [7, 11) is 0. The highest BCUT2D eigenvalue weighted by molar-refractivity contribution is 5.93. The molecule has 0 radical (unpaired) electrons. The van der Waals surface area contributed by atoms with Crippen molar-refractivity contribution in [2.45, 2.75) is 62.9 Å². The molecule has 8 nitrogen and oxygen atoms in total. The average molecular weight is 452 g/mol. The Hall–Kier alpha value is -2.97. The summed E-state index contributed by atoms with van der Waals surface area (Å²) in [5.41, 5.74) is 2.68. The molecule has 0 bridgehead atoms. The topological polar surface area (TPSA) is 110 Å². The van der Waals surface area contributed by atoms with Gasteiger partial charge in [0.05, 0.1) is 19.1 Å². The first-order valence-corrected chi connectivity index (χ1v) is 11.6. The summed E-state index contributed by atoms with van der Waals surface area (Å²) >= 11 is 0. The SMILES string of the molecule is O=C(C[C@H]1C[C@@H]2c3cc(NC(=O)C4CCC4)ccc3O[C@@H]2[C@H](CO)O1)NCc1cccnc1. The highest BCUT2D eigenvalue weighted by Gasteiger charge is 2.46. The second-order valence-corrected chi connectivity index (χ2v) is 9.12. The fourth-order valence-corrected chi connectivity index (χ4v) is 4.86. The smallest absolute Gasteiger partial charge is 0.227 e. The van der Waals surface area contributed by atoms with Gasteiger partial charge in [0.25, 0.3) is 0 Å². The molecule has 1 aliphatic carbocycles. The van der Waals surface area contributed by atoms with Gasteiger partial charge in [-0.25, -0.2) is 0 Å². The van der Waals surface area contributed by atoms with Crippen molar-refractivity contribution in [1.82, 2.24) is 10.3 Å². The number of aromatic nitrogens is 1. The van der Waals surface area contributed by atoms with E-state index in [1.165, 1.54) is 0 Å². The van der Waals surface area contributed by atoms with E-state index in [-0.39, 0.29) is 48.9 Å². The van der Waals surface area contributed by atoms with Gasteiger partial charge in [-0.05, 0) is 49.1 Å². The molecular weight excluding hydrogens is 422 g/mol. The lowest BCUT2D eigenvalue weighted by atomic mass is 9.83. The number of anilines is 1. The van der Waals surface area contributed by atoms with E-state index in [9.17, 15) is 14.7 Å². The molecule has 2 aliphatic heterocycles. The first-order valence-electron chi connectivity index (χ1n) is 11.6. The maximum atomic E-state index is 12.5. The maximum Gasteiger partial charge on any atom is 0.227 e. The van der Waals surface area contributed by atoms with Crippen molar-refractivity contribution >= 4 is 17.5 Å². The Labute approximate surface area is 192 Å². The summed E-state index contributed by atoms with van der Waals surface area (Å²) < 4.78 is 12.1. The van der Waals surface area contributed by atoms with Gasteiger partial charge in [0.1, 0.15) is 18.0 Å². The molecule has 3 aliphatic rings. The minimum Gasteiger partial charge on any atom is -0.487 e. The second-order valence-electron chi connectivity index (χ2n) is 9.12. The maximum absolute atomic E-state index is 12.5. The van der Waals surface area contributed by atoms with Gasteiger partial charge in [-0.2, -0.15) is 0 Å². The number of rotatable bonds is 7. The van der Waals surface area contributed by atoms with E-state index < -0.39 is 6.10 Å². The van der Waals surface area contributed by atoms with Crippen LogP contribution in [-0.2, 0) is 20.9 Å². The Kier molecular flexibility index (Phi) is 6.28. The van der Waals surface area contributed by atoms with Crippen LogP contribution in [0.25, 0.3) is 0 Å². The van der Waals surface area contributed by atoms with Gasteiger partial charge in [-0.15, -0.1) is 0 Å². The molecule has 3 heterocycles. The summed E-state index contributed by atoms with van der Waals surface area (Å²) in [6, 6.07) is 9.43. The molecule has 5 rings (SSSR count). The Morgan fingerprint density at radius 1 is 1.21 bits per heavy atom. The first kappa shape index (κ1) is 21.9. The van der Waals surface area contributed by atoms with Crippen molar-refractivity contribution in [2.24, 2.45) is 5.92 Å². The number of hydrogen-bond donors (Lipinski definition) is 3. The van der Waals surface area contributed by atoms with Crippen LogP contribution in [0.3, 0.4) is 0 Å². The summed E-state index contributed by atoms with van der Waals surface area (Å²) in [5, 5.41) is 15.9. The average Bonchev–Trinajstić information content (AvgIpc) is 3.14. The lowest BCUT2D eigenvalue weighted by molar-refractivity contribution is -0.142. The van der Waals surface area contributed by atoms with Gasteiger partial charge in [0, 0.05) is 42.0 Å². The van der Waals surface area contributed by atoms with Crippen LogP contribution in [0.4, 0.5) is 5.69 Å². The summed E-state index contributed by atoms with van der Waals surface area (Å²) in [5.74, 6) is 0.802. The van der Waals surface area contributed by atoms with E-state index in [2.05, 4.69) is 15.6 Å². The van der Waals surface area contributed by atoms with Crippen molar-refractivity contribution in [3.8, 4) is 5.75 Å². The van der Waals surface area contributed by atoms with E-state index >= 15 is 0 Å². The number of nitrogens with one attached hydrogen (secondary N) is 2. The molecule has 1 aromatic heterocycles. The molecule has 8 heteroatoms. The van der Waals surface area contributed by atoms with Crippen LogP contribution in [0.5, 0.6) is 5.75 Å². The number of ether oxygens (including phenoxy) is 2. The predicted octanol–water partition coefficient (Wildman–Crippen LogP) is 2.52. The zero-order chi connectivity index (χ0) is 22.8. The van der Waals surface area contributed by atoms with Gasteiger partial charge in [0.2, 0.25) is 11.8 Å². The molecule has 4 atom stereocenters. The summed E-state index contributed by atoms with van der Waals surface area (Å²) in [6.07, 6.45) is 6.07. The minimum atomic E-state index is -0.514. The molecule has 2 aromatic rings. The van der Waals surface area contributed by atoms with E-state index in [4.69, 9.17) is 9.47 Å². The minimum absolute atomic E-state index is 0.0115. The highest BCUT2D eigenvalue weighted by atomic mass is 16.6. The lowest BCUT2D eigenvalue weighted by Crippen LogP contribution is -2.47. The fourth-order valence-electron chi connectivity index (χ4n) is 4.86. The summed E-state index contributed by atoms with van der Waals surface area (Å²) in [4.78, 5) is 29.0. The number of benzene rings is 1. The number of fused-ring (bicyclic) bond motifs is 3. The molecule has 2 fully saturated rings. The van der Waals surface area contributed by atoms with Crippen LogP contribution in [-0.4, -0.2) is 46.8 Å².